The van der Waals surface area contributed by atoms with Crippen molar-refractivity contribution < 1.29 is 278 Å². The highest BCUT2D eigenvalue weighted by molar-refractivity contribution is 6.37. The van der Waals surface area contributed by atoms with Crippen LogP contribution in [0.2, 0.25) is 10.0 Å². The Morgan fingerprint density at radius 2 is 0.331 bits per heavy atom. The van der Waals surface area contributed by atoms with Gasteiger partial charge in [0.2, 0.25) is 0 Å². The third-order valence-corrected chi connectivity index (χ3v) is 18.7. The molecule has 0 amide bonds. The quantitative estimate of drug-likeness (QED) is 0.0269. The molecule has 45 N–H and O–H groups in total. The van der Waals surface area contributed by atoms with Gasteiger partial charge in [-0.15, -0.1) is 0 Å². The molecule has 0 heterocycles. The zero-order valence-electron chi connectivity index (χ0n) is 72.2. The van der Waals surface area contributed by atoms with Gasteiger partial charge in [0.15, 0.2) is 42.7 Å². The van der Waals surface area contributed by atoms with Gasteiger partial charge in [0.1, 0.15) is 128 Å². The number of carboxylic acid groups (broad SMARTS) is 10. The number of aliphatic hydroxyl groups excluding tert-OH is 35. The van der Waals surface area contributed by atoms with Gasteiger partial charge >= 0.3 is 59.7 Å². The maximum absolute atomic E-state index is 10.6. The normalized spacial score (nSPS) is 17.3. The van der Waals surface area contributed by atoms with Crippen LogP contribution in [-0.2, 0) is 38.4 Å². The predicted octanol–water partition coefficient (Wildman–Crippen LogP) is -12.6. The number of aromatic carboxylic acids is 2. The molecule has 0 saturated carbocycles. The van der Waals surface area contributed by atoms with Crippen molar-refractivity contribution in [2.45, 2.75) is 332 Å². The second-order valence-electron chi connectivity index (χ2n) is 28.9. The number of rotatable bonds is 61. The molecule has 57 heteroatoms. The van der Waals surface area contributed by atoms with E-state index in [2.05, 4.69) is 6.92 Å². The first-order chi connectivity index (χ1) is 61.6. The zero-order valence-corrected chi connectivity index (χ0v) is 73.7. The van der Waals surface area contributed by atoms with E-state index in [1.165, 1.54) is 135 Å². The number of halogens is 2. The van der Waals surface area contributed by atoms with Gasteiger partial charge in [0.05, 0.1) is 67.4 Å². The molecule has 1 aromatic rings. The summed E-state index contributed by atoms with van der Waals surface area (Å²) in [5.41, 5.74) is -0.441. The summed E-state index contributed by atoms with van der Waals surface area (Å²) >= 11 is 11.1. The van der Waals surface area contributed by atoms with Crippen molar-refractivity contribution in [1.29, 1.82) is 0 Å². The Hall–Kier alpha value is -6.90. The summed E-state index contributed by atoms with van der Waals surface area (Å²) in [6, 6.07) is 2.02. The molecule has 0 aliphatic rings. The van der Waals surface area contributed by atoms with Gasteiger partial charge in [0, 0.05) is 6.42 Å². The van der Waals surface area contributed by atoms with E-state index in [1.807, 2.05) is 0 Å². The molecule has 0 bridgehead atoms. The van der Waals surface area contributed by atoms with Crippen LogP contribution in [-0.4, -0.2) is 507 Å². The largest absolute Gasteiger partial charge is 0.481 e. The number of aliphatic hydroxyl groups is 35. The van der Waals surface area contributed by atoms with E-state index >= 15 is 0 Å². The van der Waals surface area contributed by atoms with Crippen LogP contribution in [0.5, 0.6) is 0 Å². The van der Waals surface area contributed by atoms with Crippen molar-refractivity contribution in [2.24, 2.45) is 0 Å². The van der Waals surface area contributed by atoms with Crippen molar-refractivity contribution in [3.05, 3.63) is 33.3 Å². The number of unbranched alkanes of at least 4 members (excludes halogenated alkanes) is 22. The fourth-order valence-corrected chi connectivity index (χ4v) is 10.1. The minimum atomic E-state index is -2.20. The average molecular weight is 2000 g/mol. The molecule has 0 saturated heterocycles. The third-order valence-electron chi connectivity index (χ3n) is 18.1. The van der Waals surface area contributed by atoms with Gasteiger partial charge < -0.3 is 230 Å². The van der Waals surface area contributed by atoms with E-state index in [0.717, 1.165) is 25.0 Å². The highest BCUT2D eigenvalue weighted by atomic mass is 35.5. The van der Waals surface area contributed by atoms with E-state index in [1.54, 1.807) is 0 Å². The molecule has 0 aliphatic heterocycles. The SMILES string of the molecule is CCCCCCCCCCCCCCCCCCCCCCCCCC(=O)O.O=C(O)[C@H](O)[C@@H](O)[C@H](O)[C@H](O)CO.O=C(O)[C@H](O)[C@@H](O)[C@H](O)[C@H](O)CO.O=C(O)[C@H](O)[C@@H](O)[C@H](O)[C@H](O)CO.O=C(O)[C@H](O)[C@@H](O)[C@H](O)[C@H](O)CO.O=C(O)[C@H](O)[C@@H](O)[C@H](O)[C@H](O)CO.O=C(O)[C@H](O)[C@@H](O)[C@H](O)[C@H](O)CO.O=C(O)[C@H](O)[C@@H](O)[C@H](O)[C@H](O)CO.O=C(O)c1cc(Cl)c(C(=O)O)cc1Cl. The van der Waals surface area contributed by atoms with Crippen molar-refractivity contribution in [3.8, 4) is 0 Å². The Morgan fingerprint density at radius 3 is 0.429 bits per heavy atom. The molecular formula is C76H140Cl2O55. The van der Waals surface area contributed by atoms with E-state index < -0.39 is 277 Å². The lowest BCUT2D eigenvalue weighted by atomic mass is 10.0. The average Bonchev–Trinajstić information content (AvgIpc) is 0.825. The number of benzene rings is 1. The summed E-state index contributed by atoms with van der Waals surface area (Å²) in [6.45, 7) is -3.61. The maximum Gasteiger partial charge on any atom is 0.337 e. The van der Waals surface area contributed by atoms with E-state index in [4.69, 9.17) is 253 Å². The minimum absolute atomic E-state index is 0.153. The lowest BCUT2D eigenvalue weighted by molar-refractivity contribution is -0.164. The molecule has 1 rings (SSSR count). The zero-order chi connectivity index (χ0) is 106. The molecule has 28 atom stereocenters. The molecule has 0 fully saturated rings. The third kappa shape index (κ3) is 67.1. The molecule has 788 valence electrons. The topological polar surface area (TPSA) is 1080 Å². The van der Waals surface area contributed by atoms with Crippen LogP contribution in [0.15, 0.2) is 12.1 Å². The molecular weight excluding hydrogens is 1860 g/mol. The van der Waals surface area contributed by atoms with Crippen LogP contribution >= 0.6 is 23.2 Å². The van der Waals surface area contributed by atoms with Crippen molar-refractivity contribution in [1.82, 2.24) is 0 Å². The van der Waals surface area contributed by atoms with Crippen molar-refractivity contribution in [3.63, 3.8) is 0 Å². The van der Waals surface area contributed by atoms with Gasteiger partial charge in [-0.1, -0.05) is 171 Å². The van der Waals surface area contributed by atoms with Crippen LogP contribution in [0.3, 0.4) is 0 Å². The second kappa shape index (κ2) is 83.3. The first-order valence-electron chi connectivity index (χ1n) is 40.7. The highest BCUT2D eigenvalue weighted by Crippen LogP contribution is 2.26. The van der Waals surface area contributed by atoms with E-state index in [0.29, 0.717) is 6.42 Å². The molecule has 0 radical (unpaired) electrons. The van der Waals surface area contributed by atoms with Crippen LogP contribution in [0, 0.1) is 0 Å². The van der Waals surface area contributed by atoms with Crippen LogP contribution < -0.4 is 0 Å². The Labute approximate surface area is 769 Å². The molecule has 1 aromatic carbocycles. The van der Waals surface area contributed by atoms with Crippen molar-refractivity contribution >= 4 is 82.9 Å². The summed E-state index contributed by atoms with van der Waals surface area (Å²) in [4.78, 5) is 102. The number of hydrogen-bond acceptors (Lipinski definition) is 45. The summed E-state index contributed by atoms with van der Waals surface area (Å²) in [6.07, 6.45) is -22.8. The number of carbonyl (C=O) groups is 10. The van der Waals surface area contributed by atoms with E-state index in [9.17, 15) is 47.9 Å². The van der Waals surface area contributed by atoms with Crippen molar-refractivity contribution in [2.75, 3.05) is 46.2 Å². The standard InChI is InChI=1S/C26H52O2.C8H4Cl2O4.7C6H12O7/c1-2-3-4-5-6-7-8-9-10-11-12-13-14-15-16-17-18-19-20-21-22-23-24-25-26(27)28;9-5-1-3(7(11)12)6(10)2-4(5)8(13)14;7*7-1-2(8)3(9)4(10)5(11)6(12)13/h2-25H2,1H3,(H,27,28);1-2H,(H,11,12)(H,13,14);7*2-5,7-11H,1H2,(H,12,13)/t;;7*2-,3-,4+,5-/m..1111111/s1. The highest BCUT2D eigenvalue weighted by Gasteiger charge is 2.40. The minimum Gasteiger partial charge on any atom is -0.481 e. The molecule has 0 unspecified atom stereocenters. The molecule has 0 spiro atoms. The van der Waals surface area contributed by atoms with Crippen LogP contribution in [0.25, 0.3) is 0 Å². The first-order valence-corrected chi connectivity index (χ1v) is 41.4. The second-order valence-corrected chi connectivity index (χ2v) is 29.8. The number of carboxylic acids is 10. The predicted molar refractivity (Wildman–Crippen MR) is 446 cm³/mol. The maximum atomic E-state index is 10.6. The first kappa shape index (κ1) is 141. The summed E-state index contributed by atoms with van der Waals surface area (Å²) in [5, 5.41) is 388. The van der Waals surface area contributed by atoms with E-state index in [-0.39, 0.29) is 21.2 Å². The van der Waals surface area contributed by atoms with Gasteiger partial charge in [-0.2, -0.15) is 0 Å². The fraction of sp³-hybridized carbons (Fsp3) is 0.789. The van der Waals surface area contributed by atoms with Gasteiger partial charge in [-0.3, -0.25) is 4.79 Å². The lowest BCUT2D eigenvalue weighted by Crippen LogP contribution is -2.48. The Balaban J connectivity index is -0.000000224. The number of hydrogen-bond donors (Lipinski definition) is 45. The molecule has 0 aromatic heterocycles. The monoisotopic (exact) mass is 2000 g/mol. The lowest BCUT2D eigenvalue weighted by Gasteiger charge is -2.23. The van der Waals surface area contributed by atoms with Gasteiger partial charge in [-0.25, -0.2) is 43.2 Å². The Kier molecular flexibility index (Phi) is 88.6. The molecule has 55 nitrogen and oxygen atoms in total. The van der Waals surface area contributed by atoms with Crippen LogP contribution in [0.1, 0.15) is 182 Å². The number of aliphatic carboxylic acids is 8. The molecule has 133 heavy (non-hydrogen) atoms. The Morgan fingerprint density at radius 1 is 0.211 bits per heavy atom. The van der Waals surface area contributed by atoms with Crippen LogP contribution in [0.4, 0.5) is 0 Å². The van der Waals surface area contributed by atoms with Gasteiger partial charge in [-0.05, 0) is 18.6 Å². The van der Waals surface area contributed by atoms with Gasteiger partial charge in [0.25, 0.3) is 0 Å². The fourth-order valence-electron chi connectivity index (χ4n) is 9.62. The summed E-state index contributed by atoms with van der Waals surface area (Å²) in [5.74, 6) is -15.2. The smallest absolute Gasteiger partial charge is 0.337 e. The summed E-state index contributed by atoms with van der Waals surface area (Å²) < 4.78 is 0. The summed E-state index contributed by atoms with van der Waals surface area (Å²) in [7, 11) is 0. The molecule has 0 aliphatic carbocycles. The Bertz CT molecular complexity index is 2780.